The van der Waals surface area contributed by atoms with Gasteiger partial charge in [-0.15, -0.1) is 0 Å². The maximum absolute atomic E-state index is 9.63. The van der Waals surface area contributed by atoms with Gasteiger partial charge in [-0.1, -0.05) is 155 Å². The van der Waals surface area contributed by atoms with Crippen LogP contribution in [0, 0.1) is 5.92 Å². The molecular weight excluding hydrogens is 352 g/mol. The Bertz CT molecular complexity index is 275. The molecule has 0 amide bonds. The molecule has 0 radical (unpaired) electrons. The lowest BCUT2D eigenvalue weighted by Crippen LogP contribution is -2.06. The Kier molecular flexibility index (Phi) is 26.0. The lowest BCUT2D eigenvalue weighted by Gasteiger charge is -2.13. The van der Waals surface area contributed by atoms with Crippen LogP contribution in [0.15, 0.2) is 0 Å². The molecule has 0 spiro atoms. The maximum atomic E-state index is 9.63. The van der Waals surface area contributed by atoms with Crippen molar-refractivity contribution in [3.05, 3.63) is 0 Å². The number of hydrogen-bond acceptors (Lipinski definition) is 1. The predicted octanol–water partition coefficient (Wildman–Crippen LogP) is 10.00. The van der Waals surface area contributed by atoms with Gasteiger partial charge in [0.05, 0.1) is 0 Å². The zero-order valence-corrected chi connectivity index (χ0v) is 20.7. The molecule has 0 saturated heterocycles. The minimum atomic E-state index is 0.412. The van der Waals surface area contributed by atoms with Gasteiger partial charge in [0.15, 0.2) is 0 Å². The summed E-state index contributed by atoms with van der Waals surface area (Å²) in [5, 5.41) is 9.63. The van der Waals surface area contributed by atoms with Crippen molar-refractivity contribution in [2.45, 2.75) is 168 Å². The Morgan fingerprint density at radius 1 is 0.379 bits per heavy atom. The summed E-state index contributed by atoms with van der Waals surface area (Å²) in [6.07, 6.45) is 33.6. The van der Waals surface area contributed by atoms with Gasteiger partial charge in [0, 0.05) is 6.61 Å². The van der Waals surface area contributed by atoms with Gasteiger partial charge < -0.3 is 5.11 Å². The number of aliphatic hydroxyl groups excluding tert-OH is 1. The summed E-state index contributed by atoms with van der Waals surface area (Å²) in [7, 11) is 0. The fourth-order valence-corrected chi connectivity index (χ4v) is 4.52. The highest BCUT2D eigenvalue weighted by molar-refractivity contribution is 4.59. The smallest absolute Gasteiger partial charge is 0.0459 e. The second-order valence-electron chi connectivity index (χ2n) is 9.70. The average Bonchev–Trinajstić information content (AvgIpc) is 2.74. The van der Waals surface area contributed by atoms with E-state index in [1.807, 2.05) is 0 Å². The van der Waals surface area contributed by atoms with Crippen molar-refractivity contribution in [3.63, 3.8) is 0 Å². The zero-order chi connectivity index (χ0) is 21.3. The summed E-state index contributed by atoms with van der Waals surface area (Å²) < 4.78 is 0. The van der Waals surface area contributed by atoms with Crippen LogP contribution in [0.5, 0.6) is 0 Å². The normalized spacial score (nSPS) is 12.5. The van der Waals surface area contributed by atoms with E-state index >= 15 is 0 Å². The van der Waals surface area contributed by atoms with Gasteiger partial charge in [0.2, 0.25) is 0 Å². The number of aliphatic hydroxyl groups is 1. The first kappa shape index (κ1) is 29.0. The molecule has 0 fully saturated rings. The number of hydrogen-bond donors (Lipinski definition) is 1. The van der Waals surface area contributed by atoms with Crippen LogP contribution in [0.2, 0.25) is 0 Å². The molecule has 0 heterocycles. The largest absolute Gasteiger partial charge is 0.396 e. The minimum Gasteiger partial charge on any atom is -0.396 e. The Morgan fingerprint density at radius 3 is 0.862 bits per heavy atom. The first-order valence-electron chi connectivity index (χ1n) is 14.0. The molecule has 176 valence electrons. The van der Waals surface area contributed by atoms with Gasteiger partial charge in [0.25, 0.3) is 0 Å². The van der Waals surface area contributed by atoms with Gasteiger partial charge in [-0.05, 0) is 18.8 Å². The molecule has 1 N–H and O–H groups in total. The number of rotatable bonds is 25. The first-order valence-corrected chi connectivity index (χ1v) is 14.0. The van der Waals surface area contributed by atoms with Gasteiger partial charge in [0.1, 0.15) is 0 Å². The molecule has 0 aliphatic rings. The average molecular weight is 411 g/mol. The van der Waals surface area contributed by atoms with Gasteiger partial charge in [-0.25, -0.2) is 0 Å². The highest BCUT2D eigenvalue weighted by Gasteiger charge is 2.07. The molecule has 0 aromatic carbocycles. The van der Waals surface area contributed by atoms with E-state index in [4.69, 9.17) is 0 Å². The molecule has 0 aliphatic carbocycles. The summed E-state index contributed by atoms with van der Waals surface area (Å²) >= 11 is 0. The SMILES string of the molecule is CCCCCCCCCCCCCCCCC(CO)CCCCCCCCCC. The van der Waals surface area contributed by atoms with Crippen LogP contribution < -0.4 is 0 Å². The third-order valence-electron chi connectivity index (χ3n) is 6.69. The van der Waals surface area contributed by atoms with Crippen molar-refractivity contribution < 1.29 is 5.11 Å². The van der Waals surface area contributed by atoms with Gasteiger partial charge in [-0.2, -0.15) is 0 Å². The van der Waals surface area contributed by atoms with E-state index < -0.39 is 0 Å². The molecule has 0 rings (SSSR count). The highest BCUT2D eigenvalue weighted by Crippen LogP contribution is 2.19. The van der Waals surface area contributed by atoms with Crippen LogP contribution >= 0.6 is 0 Å². The maximum Gasteiger partial charge on any atom is 0.0459 e. The van der Waals surface area contributed by atoms with Gasteiger partial charge in [-0.3, -0.25) is 0 Å². The molecule has 0 bridgehead atoms. The molecule has 1 unspecified atom stereocenters. The van der Waals surface area contributed by atoms with E-state index in [0.29, 0.717) is 12.5 Å². The topological polar surface area (TPSA) is 20.2 Å². The van der Waals surface area contributed by atoms with Crippen molar-refractivity contribution >= 4 is 0 Å². The second kappa shape index (κ2) is 26.0. The molecule has 1 nitrogen and oxygen atoms in total. The van der Waals surface area contributed by atoms with E-state index in [1.54, 1.807) is 0 Å². The van der Waals surface area contributed by atoms with Crippen LogP contribution in [0.4, 0.5) is 0 Å². The summed E-state index contributed by atoms with van der Waals surface area (Å²) in [5.74, 6) is 0.576. The molecule has 0 saturated carbocycles. The van der Waals surface area contributed by atoms with E-state index in [9.17, 15) is 5.11 Å². The molecule has 1 atom stereocenters. The van der Waals surface area contributed by atoms with Crippen LogP contribution in [0.25, 0.3) is 0 Å². The molecule has 0 aromatic rings. The fraction of sp³-hybridized carbons (Fsp3) is 1.00. The minimum absolute atomic E-state index is 0.412. The van der Waals surface area contributed by atoms with Crippen molar-refractivity contribution in [3.8, 4) is 0 Å². The summed E-state index contributed by atoms with van der Waals surface area (Å²) in [6.45, 7) is 4.99. The summed E-state index contributed by atoms with van der Waals surface area (Å²) in [6, 6.07) is 0. The van der Waals surface area contributed by atoms with Crippen molar-refractivity contribution in [2.24, 2.45) is 5.92 Å². The molecule has 1 heteroatoms. The quantitative estimate of drug-likeness (QED) is 0.148. The lowest BCUT2D eigenvalue weighted by molar-refractivity contribution is 0.204. The van der Waals surface area contributed by atoms with E-state index in [0.717, 1.165) is 0 Å². The molecule has 0 aliphatic heterocycles. The van der Waals surface area contributed by atoms with Crippen LogP contribution in [-0.2, 0) is 0 Å². The standard InChI is InChI=1S/C28H58O/c1-3-5-7-9-11-13-14-15-16-17-18-20-22-24-26-28(27-29)25-23-21-19-12-10-8-6-4-2/h28-29H,3-27H2,1-2H3. The van der Waals surface area contributed by atoms with Gasteiger partial charge >= 0.3 is 0 Å². The summed E-state index contributed by atoms with van der Waals surface area (Å²) in [5.41, 5.74) is 0. The summed E-state index contributed by atoms with van der Waals surface area (Å²) in [4.78, 5) is 0. The highest BCUT2D eigenvalue weighted by atomic mass is 16.3. The fourth-order valence-electron chi connectivity index (χ4n) is 4.52. The van der Waals surface area contributed by atoms with Crippen molar-refractivity contribution in [2.75, 3.05) is 6.61 Å². The van der Waals surface area contributed by atoms with Crippen LogP contribution in [-0.4, -0.2) is 11.7 Å². The van der Waals surface area contributed by atoms with Crippen LogP contribution in [0.3, 0.4) is 0 Å². The van der Waals surface area contributed by atoms with E-state index in [2.05, 4.69) is 13.8 Å². The second-order valence-corrected chi connectivity index (χ2v) is 9.70. The molecular formula is C28H58O. The Morgan fingerprint density at radius 2 is 0.621 bits per heavy atom. The number of unbranched alkanes of at least 4 members (excludes halogenated alkanes) is 20. The van der Waals surface area contributed by atoms with Crippen molar-refractivity contribution in [1.82, 2.24) is 0 Å². The Labute approximate surface area is 185 Å². The third kappa shape index (κ3) is 24.1. The first-order chi connectivity index (χ1) is 14.3. The Balaban J connectivity index is 3.25. The van der Waals surface area contributed by atoms with E-state index in [-0.39, 0.29) is 0 Å². The molecule has 29 heavy (non-hydrogen) atoms. The molecule has 0 aromatic heterocycles. The Hall–Kier alpha value is -0.0400. The van der Waals surface area contributed by atoms with E-state index in [1.165, 1.54) is 154 Å². The van der Waals surface area contributed by atoms with Crippen LogP contribution in [0.1, 0.15) is 168 Å². The monoisotopic (exact) mass is 410 g/mol. The zero-order valence-electron chi connectivity index (χ0n) is 20.7. The predicted molar refractivity (Wildman–Crippen MR) is 133 cm³/mol. The lowest BCUT2D eigenvalue weighted by atomic mass is 9.94. The van der Waals surface area contributed by atoms with Crippen molar-refractivity contribution in [1.29, 1.82) is 0 Å². The third-order valence-corrected chi connectivity index (χ3v) is 6.69.